The van der Waals surface area contributed by atoms with E-state index in [-0.39, 0.29) is 5.69 Å². The number of carbonyl (C=O) groups is 1. The fourth-order valence-corrected chi connectivity index (χ4v) is 2.77. The van der Waals surface area contributed by atoms with Crippen LogP contribution in [-0.4, -0.2) is 43.9 Å². The lowest BCUT2D eigenvalue weighted by Crippen LogP contribution is -2.35. The molecule has 0 radical (unpaired) electrons. The predicted molar refractivity (Wildman–Crippen MR) is 79.4 cm³/mol. The van der Waals surface area contributed by atoms with Crippen molar-refractivity contribution in [3.63, 3.8) is 0 Å². The summed E-state index contributed by atoms with van der Waals surface area (Å²) in [7, 11) is 0. The molecule has 1 aliphatic heterocycles. The van der Waals surface area contributed by atoms with E-state index in [2.05, 4.69) is 35.9 Å². The van der Waals surface area contributed by atoms with E-state index in [1.54, 1.807) is 6.20 Å². The first-order chi connectivity index (χ1) is 10.1. The minimum atomic E-state index is -1.06. The summed E-state index contributed by atoms with van der Waals surface area (Å²) in [6.45, 7) is 1.70. The summed E-state index contributed by atoms with van der Waals surface area (Å²) in [5.41, 5.74) is -0.0324. The highest BCUT2D eigenvalue weighted by atomic mass is 79.9. The predicted octanol–water partition coefficient (Wildman–Crippen LogP) is 1.98. The number of hydrogen-bond donors (Lipinski definition) is 1. The zero-order valence-corrected chi connectivity index (χ0v) is 12.8. The molecule has 0 aromatic carbocycles. The number of aromatic carboxylic acids is 1. The van der Waals surface area contributed by atoms with Crippen LogP contribution in [0.5, 0.6) is 0 Å². The van der Waals surface area contributed by atoms with Gasteiger partial charge in [0.15, 0.2) is 5.69 Å². The summed E-state index contributed by atoms with van der Waals surface area (Å²) < 4.78 is 2.97. The van der Waals surface area contributed by atoms with Crippen LogP contribution in [0.1, 0.15) is 29.4 Å². The molecule has 0 saturated carbocycles. The minimum Gasteiger partial charge on any atom is -0.476 e. The summed E-state index contributed by atoms with van der Waals surface area (Å²) in [5.74, 6) is -0.336. The standard InChI is InChI=1S/C13H14BrN5O2/c14-9-5-17-19(8-9)10-1-3-18(4-2-10)12-7-15-11(6-16-12)13(20)21/h5-8,10H,1-4H2,(H,20,21). The van der Waals surface area contributed by atoms with Crippen LogP contribution in [0.4, 0.5) is 5.82 Å². The third-order valence-electron chi connectivity index (χ3n) is 3.59. The van der Waals surface area contributed by atoms with Gasteiger partial charge in [-0.3, -0.25) is 4.68 Å². The first-order valence-electron chi connectivity index (χ1n) is 6.63. The highest BCUT2D eigenvalue weighted by Crippen LogP contribution is 2.25. The molecule has 1 fully saturated rings. The smallest absolute Gasteiger partial charge is 0.356 e. The van der Waals surface area contributed by atoms with Gasteiger partial charge in [0.2, 0.25) is 0 Å². The molecule has 0 atom stereocenters. The molecule has 1 saturated heterocycles. The molecule has 1 N–H and O–H groups in total. The normalized spacial score (nSPS) is 16.1. The monoisotopic (exact) mass is 351 g/mol. The highest BCUT2D eigenvalue weighted by molar-refractivity contribution is 9.10. The summed E-state index contributed by atoms with van der Waals surface area (Å²) in [6.07, 6.45) is 8.54. The lowest BCUT2D eigenvalue weighted by Gasteiger charge is -2.32. The SMILES string of the molecule is O=C(O)c1cnc(N2CCC(n3cc(Br)cn3)CC2)cn1. The van der Waals surface area contributed by atoms with E-state index in [1.807, 2.05) is 10.9 Å². The molecule has 3 rings (SSSR count). The second-order valence-electron chi connectivity index (χ2n) is 4.92. The Hall–Kier alpha value is -1.96. The number of carboxylic acid groups (broad SMARTS) is 1. The Morgan fingerprint density at radius 2 is 2.00 bits per heavy atom. The number of rotatable bonds is 3. The fraction of sp³-hybridized carbons (Fsp3) is 0.385. The van der Waals surface area contributed by atoms with Crippen molar-refractivity contribution in [1.82, 2.24) is 19.7 Å². The highest BCUT2D eigenvalue weighted by Gasteiger charge is 2.22. The Kier molecular flexibility index (Phi) is 3.87. The van der Waals surface area contributed by atoms with Gasteiger partial charge in [0.1, 0.15) is 5.82 Å². The second kappa shape index (κ2) is 5.80. The summed E-state index contributed by atoms with van der Waals surface area (Å²) in [4.78, 5) is 21.0. The summed E-state index contributed by atoms with van der Waals surface area (Å²) >= 11 is 3.41. The summed E-state index contributed by atoms with van der Waals surface area (Å²) in [6, 6.07) is 0.388. The van der Waals surface area contributed by atoms with Crippen LogP contribution < -0.4 is 4.90 Å². The van der Waals surface area contributed by atoms with Gasteiger partial charge < -0.3 is 10.0 Å². The van der Waals surface area contributed by atoms with Crippen LogP contribution in [-0.2, 0) is 0 Å². The van der Waals surface area contributed by atoms with Gasteiger partial charge in [-0.25, -0.2) is 14.8 Å². The van der Waals surface area contributed by atoms with E-state index in [0.29, 0.717) is 6.04 Å². The first-order valence-corrected chi connectivity index (χ1v) is 7.43. The van der Waals surface area contributed by atoms with Crippen LogP contribution in [0, 0.1) is 0 Å². The molecule has 110 valence electrons. The van der Waals surface area contributed by atoms with Crippen molar-refractivity contribution in [2.45, 2.75) is 18.9 Å². The molecule has 2 aromatic heterocycles. The van der Waals surface area contributed by atoms with E-state index in [4.69, 9.17) is 5.11 Å². The molecular weight excluding hydrogens is 338 g/mol. The van der Waals surface area contributed by atoms with Crippen LogP contribution in [0.2, 0.25) is 0 Å². The van der Waals surface area contributed by atoms with E-state index >= 15 is 0 Å². The van der Waals surface area contributed by atoms with Crippen molar-refractivity contribution in [2.75, 3.05) is 18.0 Å². The Morgan fingerprint density at radius 1 is 1.24 bits per heavy atom. The molecule has 0 bridgehead atoms. The van der Waals surface area contributed by atoms with Gasteiger partial charge in [-0.2, -0.15) is 5.10 Å². The van der Waals surface area contributed by atoms with Crippen molar-refractivity contribution >= 4 is 27.7 Å². The lowest BCUT2D eigenvalue weighted by molar-refractivity contribution is 0.0690. The maximum absolute atomic E-state index is 10.8. The molecule has 8 heteroatoms. The van der Waals surface area contributed by atoms with Crippen LogP contribution in [0.3, 0.4) is 0 Å². The molecule has 0 aliphatic carbocycles. The van der Waals surface area contributed by atoms with Crippen LogP contribution in [0.25, 0.3) is 0 Å². The molecule has 2 aromatic rings. The lowest BCUT2D eigenvalue weighted by atomic mass is 10.1. The van der Waals surface area contributed by atoms with E-state index < -0.39 is 5.97 Å². The molecule has 0 amide bonds. The zero-order valence-electron chi connectivity index (χ0n) is 11.2. The number of nitrogens with zero attached hydrogens (tertiary/aromatic N) is 5. The largest absolute Gasteiger partial charge is 0.476 e. The third kappa shape index (κ3) is 3.05. The molecule has 21 heavy (non-hydrogen) atoms. The average Bonchev–Trinajstić information content (AvgIpc) is 2.94. The molecule has 1 aliphatic rings. The zero-order chi connectivity index (χ0) is 14.8. The number of anilines is 1. The van der Waals surface area contributed by atoms with Gasteiger partial charge >= 0.3 is 5.97 Å². The maximum Gasteiger partial charge on any atom is 0.356 e. The van der Waals surface area contributed by atoms with Crippen LogP contribution >= 0.6 is 15.9 Å². The van der Waals surface area contributed by atoms with Crippen LogP contribution in [0.15, 0.2) is 29.3 Å². The van der Waals surface area contributed by atoms with Gasteiger partial charge in [0.25, 0.3) is 0 Å². The number of aromatic nitrogens is 4. The van der Waals surface area contributed by atoms with Gasteiger partial charge in [-0.1, -0.05) is 0 Å². The Balaban J connectivity index is 1.64. The topological polar surface area (TPSA) is 84.1 Å². The van der Waals surface area contributed by atoms with Gasteiger partial charge in [0.05, 0.1) is 29.1 Å². The van der Waals surface area contributed by atoms with Crippen molar-refractivity contribution in [3.05, 3.63) is 35.0 Å². The van der Waals surface area contributed by atoms with Crippen molar-refractivity contribution in [1.29, 1.82) is 0 Å². The van der Waals surface area contributed by atoms with Gasteiger partial charge in [-0.15, -0.1) is 0 Å². The molecule has 0 unspecified atom stereocenters. The summed E-state index contributed by atoms with van der Waals surface area (Å²) in [5, 5.41) is 13.1. The van der Waals surface area contributed by atoms with E-state index in [9.17, 15) is 4.79 Å². The third-order valence-corrected chi connectivity index (χ3v) is 4.00. The molecule has 0 spiro atoms. The molecule has 7 nitrogen and oxygen atoms in total. The van der Waals surface area contributed by atoms with E-state index in [0.717, 1.165) is 36.2 Å². The average molecular weight is 352 g/mol. The van der Waals surface area contributed by atoms with Gasteiger partial charge in [-0.05, 0) is 28.8 Å². The number of hydrogen-bond acceptors (Lipinski definition) is 5. The van der Waals surface area contributed by atoms with Crippen molar-refractivity contribution < 1.29 is 9.90 Å². The first kappa shape index (κ1) is 14.0. The van der Waals surface area contributed by atoms with E-state index in [1.165, 1.54) is 12.4 Å². The van der Waals surface area contributed by atoms with Gasteiger partial charge in [0, 0.05) is 19.3 Å². The van der Waals surface area contributed by atoms with Crippen molar-refractivity contribution in [3.8, 4) is 0 Å². The quantitative estimate of drug-likeness (QED) is 0.909. The molecule has 3 heterocycles. The fourth-order valence-electron chi connectivity index (χ4n) is 2.47. The number of carboxylic acids is 1. The maximum atomic E-state index is 10.8. The Morgan fingerprint density at radius 3 is 2.52 bits per heavy atom. The second-order valence-corrected chi connectivity index (χ2v) is 5.84. The number of piperidine rings is 1. The Bertz CT molecular complexity index is 634. The number of halogens is 1. The molecular formula is C13H14BrN5O2. The Labute approximate surface area is 129 Å². The minimum absolute atomic E-state index is 0.0324. The van der Waals surface area contributed by atoms with Crippen molar-refractivity contribution in [2.24, 2.45) is 0 Å².